The highest BCUT2D eigenvalue weighted by atomic mass is 79.9. The standard InChI is InChI=1S/C13H8BrNO2/c14-10-5-12(17)13-2-1-7(3-8(13)6-15)11(16)4-9(10)13/h1-2,4-5,7-8H,3H2/t7-,8+,13-/m0/s1. The van der Waals surface area contributed by atoms with Gasteiger partial charge in [-0.2, -0.15) is 5.26 Å². The number of nitrogens with zero attached hydrogens (tertiary/aromatic N) is 1. The Labute approximate surface area is 107 Å². The van der Waals surface area contributed by atoms with Crippen molar-refractivity contribution >= 4 is 27.5 Å². The van der Waals surface area contributed by atoms with Crippen molar-refractivity contribution in [1.29, 1.82) is 5.26 Å². The van der Waals surface area contributed by atoms with Crippen LogP contribution in [0.2, 0.25) is 0 Å². The van der Waals surface area contributed by atoms with Gasteiger partial charge in [0.25, 0.3) is 0 Å². The monoisotopic (exact) mass is 289 g/mol. The van der Waals surface area contributed by atoms with Gasteiger partial charge in [-0.3, -0.25) is 9.59 Å². The lowest BCUT2D eigenvalue weighted by Crippen LogP contribution is -2.36. The van der Waals surface area contributed by atoms with Gasteiger partial charge in [0.2, 0.25) is 0 Å². The van der Waals surface area contributed by atoms with Crippen LogP contribution < -0.4 is 0 Å². The highest BCUT2D eigenvalue weighted by Crippen LogP contribution is 2.54. The summed E-state index contributed by atoms with van der Waals surface area (Å²) in [7, 11) is 0. The molecule has 4 aliphatic rings. The molecule has 0 fully saturated rings. The molecule has 0 saturated carbocycles. The molecule has 84 valence electrons. The zero-order chi connectivity index (χ0) is 12.2. The SMILES string of the molecule is N#C[C@H]1C[C@@H]2C=C[C@]13C(=O)C=C(Br)C3=CC2=O. The van der Waals surface area contributed by atoms with Crippen LogP contribution in [0.5, 0.6) is 0 Å². The van der Waals surface area contributed by atoms with E-state index in [4.69, 9.17) is 0 Å². The van der Waals surface area contributed by atoms with E-state index in [1.165, 1.54) is 12.2 Å². The molecule has 0 N–H and O–H groups in total. The van der Waals surface area contributed by atoms with E-state index in [-0.39, 0.29) is 17.5 Å². The van der Waals surface area contributed by atoms with Crippen LogP contribution in [0.4, 0.5) is 0 Å². The first-order chi connectivity index (χ1) is 8.09. The third-order valence-corrected chi connectivity index (χ3v) is 4.46. The third-order valence-electron chi connectivity index (χ3n) is 3.81. The number of nitriles is 1. The highest BCUT2D eigenvalue weighted by Gasteiger charge is 2.54. The molecule has 2 bridgehead atoms. The van der Waals surface area contributed by atoms with Gasteiger partial charge in [0.15, 0.2) is 11.6 Å². The van der Waals surface area contributed by atoms with Crippen LogP contribution in [0.1, 0.15) is 6.42 Å². The number of allylic oxidation sites excluding steroid dienone is 6. The molecule has 3 nitrogen and oxygen atoms in total. The van der Waals surface area contributed by atoms with Crippen molar-refractivity contribution in [2.45, 2.75) is 6.42 Å². The number of hydrogen-bond acceptors (Lipinski definition) is 3. The Morgan fingerprint density at radius 3 is 2.88 bits per heavy atom. The third kappa shape index (κ3) is 1.15. The fraction of sp³-hybridized carbons (Fsp3) is 0.308. The van der Waals surface area contributed by atoms with Gasteiger partial charge in [0.1, 0.15) is 0 Å². The molecule has 4 aliphatic carbocycles. The van der Waals surface area contributed by atoms with Crippen LogP contribution in [0.3, 0.4) is 0 Å². The van der Waals surface area contributed by atoms with Gasteiger partial charge in [0, 0.05) is 10.4 Å². The van der Waals surface area contributed by atoms with E-state index in [2.05, 4.69) is 22.0 Å². The van der Waals surface area contributed by atoms with E-state index in [0.29, 0.717) is 16.5 Å². The highest BCUT2D eigenvalue weighted by molar-refractivity contribution is 9.12. The maximum atomic E-state index is 12.2. The lowest BCUT2D eigenvalue weighted by atomic mass is 9.66. The van der Waals surface area contributed by atoms with Crippen molar-refractivity contribution < 1.29 is 9.59 Å². The minimum absolute atomic E-state index is 0.0177. The van der Waals surface area contributed by atoms with Crippen molar-refractivity contribution in [3.63, 3.8) is 0 Å². The number of halogens is 1. The predicted octanol–water partition coefficient (Wildman–Crippen LogP) is 2.06. The Kier molecular flexibility index (Phi) is 2.05. The largest absolute Gasteiger partial charge is 0.294 e. The average Bonchev–Trinajstić information content (AvgIpc) is 2.46. The fourth-order valence-corrected chi connectivity index (χ4v) is 3.53. The maximum Gasteiger partial charge on any atom is 0.172 e. The molecule has 4 heteroatoms. The molecule has 0 saturated heterocycles. The van der Waals surface area contributed by atoms with Gasteiger partial charge in [-0.05, 0) is 24.1 Å². The Bertz CT molecular complexity index is 579. The smallest absolute Gasteiger partial charge is 0.172 e. The van der Waals surface area contributed by atoms with Crippen LogP contribution in [-0.4, -0.2) is 11.6 Å². The molecule has 0 unspecified atom stereocenters. The Morgan fingerprint density at radius 1 is 1.41 bits per heavy atom. The summed E-state index contributed by atoms with van der Waals surface area (Å²) in [6, 6.07) is 2.19. The van der Waals surface area contributed by atoms with Gasteiger partial charge in [-0.1, -0.05) is 28.1 Å². The summed E-state index contributed by atoms with van der Waals surface area (Å²) in [4.78, 5) is 24.1. The minimum Gasteiger partial charge on any atom is -0.294 e. The molecule has 0 aromatic rings. The topological polar surface area (TPSA) is 57.9 Å². The van der Waals surface area contributed by atoms with Gasteiger partial charge < -0.3 is 0 Å². The Morgan fingerprint density at radius 2 is 2.18 bits per heavy atom. The molecule has 0 heterocycles. The lowest BCUT2D eigenvalue weighted by molar-refractivity contribution is -0.122. The van der Waals surface area contributed by atoms with Crippen LogP contribution in [0.25, 0.3) is 0 Å². The van der Waals surface area contributed by atoms with Crippen LogP contribution >= 0.6 is 15.9 Å². The number of fused-ring (bicyclic) bond motifs is 2. The van der Waals surface area contributed by atoms with Gasteiger partial charge in [0.05, 0.1) is 17.4 Å². The first kappa shape index (κ1) is 10.7. The number of ketones is 2. The fourth-order valence-electron chi connectivity index (χ4n) is 2.88. The van der Waals surface area contributed by atoms with Gasteiger partial charge in [-0.15, -0.1) is 0 Å². The van der Waals surface area contributed by atoms with Crippen molar-refractivity contribution in [1.82, 2.24) is 0 Å². The molecule has 0 amide bonds. The second-order valence-corrected chi connectivity index (χ2v) is 5.42. The molecule has 0 aromatic carbocycles. The average molecular weight is 290 g/mol. The first-order valence-corrected chi connectivity index (χ1v) is 6.16. The summed E-state index contributed by atoms with van der Waals surface area (Å²) in [5, 5.41) is 9.26. The molecule has 0 aromatic heterocycles. The van der Waals surface area contributed by atoms with Gasteiger partial charge >= 0.3 is 0 Å². The van der Waals surface area contributed by atoms with E-state index in [0.717, 1.165) is 0 Å². The van der Waals surface area contributed by atoms with Crippen molar-refractivity contribution in [2.24, 2.45) is 17.3 Å². The van der Waals surface area contributed by atoms with E-state index >= 15 is 0 Å². The van der Waals surface area contributed by atoms with Crippen LogP contribution in [-0.2, 0) is 9.59 Å². The van der Waals surface area contributed by atoms with Crippen molar-refractivity contribution in [3.8, 4) is 6.07 Å². The quantitative estimate of drug-likeness (QED) is 0.642. The number of rotatable bonds is 0. The zero-order valence-corrected chi connectivity index (χ0v) is 10.4. The number of hydrogen-bond donors (Lipinski definition) is 0. The number of carbonyl (C=O) groups is 2. The zero-order valence-electron chi connectivity index (χ0n) is 8.81. The van der Waals surface area contributed by atoms with Crippen molar-refractivity contribution in [3.05, 3.63) is 34.4 Å². The molecule has 3 atom stereocenters. The summed E-state index contributed by atoms with van der Waals surface area (Å²) in [5.74, 6) is -0.826. The summed E-state index contributed by atoms with van der Waals surface area (Å²) in [6.07, 6.45) is 6.95. The van der Waals surface area contributed by atoms with E-state index in [1.807, 2.05) is 0 Å². The van der Waals surface area contributed by atoms with E-state index < -0.39 is 11.3 Å². The minimum atomic E-state index is -0.920. The summed E-state index contributed by atoms with van der Waals surface area (Å²) in [6.45, 7) is 0. The predicted molar refractivity (Wildman–Crippen MR) is 63.9 cm³/mol. The molecular formula is C13H8BrNO2. The normalized spacial score (nSPS) is 38.4. The Hall–Kier alpha value is -1.47. The molecule has 4 rings (SSSR count). The lowest BCUT2D eigenvalue weighted by Gasteiger charge is -2.33. The van der Waals surface area contributed by atoms with Crippen LogP contribution in [0, 0.1) is 28.6 Å². The van der Waals surface area contributed by atoms with E-state index in [1.54, 1.807) is 12.2 Å². The maximum absolute atomic E-state index is 12.2. The van der Waals surface area contributed by atoms with E-state index in [9.17, 15) is 14.9 Å². The molecule has 0 radical (unpaired) electrons. The molecular weight excluding hydrogens is 282 g/mol. The van der Waals surface area contributed by atoms with Crippen LogP contribution in [0.15, 0.2) is 34.4 Å². The summed E-state index contributed by atoms with van der Waals surface area (Å²) in [5.41, 5.74) is -0.272. The number of carbonyl (C=O) groups excluding carboxylic acids is 2. The molecule has 17 heavy (non-hydrogen) atoms. The molecule has 0 aliphatic heterocycles. The van der Waals surface area contributed by atoms with Crippen molar-refractivity contribution in [2.75, 3.05) is 0 Å². The Balaban J connectivity index is 2.32. The summed E-state index contributed by atoms with van der Waals surface area (Å²) < 4.78 is 0.628. The second kappa shape index (κ2) is 3.27. The molecule has 1 spiro atoms. The van der Waals surface area contributed by atoms with Gasteiger partial charge in [-0.25, -0.2) is 0 Å². The second-order valence-electron chi connectivity index (χ2n) is 4.57. The summed E-state index contributed by atoms with van der Waals surface area (Å²) >= 11 is 3.31. The first-order valence-electron chi connectivity index (χ1n) is 5.36.